The van der Waals surface area contributed by atoms with Gasteiger partial charge in [-0.25, -0.2) is 4.79 Å². The third kappa shape index (κ3) is 2.80. The van der Waals surface area contributed by atoms with E-state index in [0.717, 1.165) is 0 Å². The van der Waals surface area contributed by atoms with Gasteiger partial charge < -0.3 is 14.4 Å². The van der Waals surface area contributed by atoms with Gasteiger partial charge in [0.2, 0.25) is 0 Å². The number of nitrogens with zero attached hydrogens (tertiary/aromatic N) is 1. The standard InChI is InChI=1S/C17H21NO4/c1-16(2,3)22-15(20)18-9-8-17(11-18)10-13(19)12-6-4-5-7-14(12)21-17/h4-7H,8-11H2,1-3H3. The minimum Gasteiger partial charge on any atom is -0.484 e. The Bertz CT molecular complexity index is 619. The lowest BCUT2D eigenvalue weighted by molar-refractivity contribution is 0.0171. The second-order valence-electron chi connectivity index (χ2n) is 7.03. The zero-order valence-electron chi connectivity index (χ0n) is 13.2. The van der Waals surface area contributed by atoms with Crippen LogP contribution in [0.15, 0.2) is 24.3 Å². The summed E-state index contributed by atoms with van der Waals surface area (Å²) in [5.74, 6) is 0.692. The first-order chi connectivity index (χ1) is 10.3. The van der Waals surface area contributed by atoms with Crippen LogP contribution in [0.25, 0.3) is 0 Å². The van der Waals surface area contributed by atoms with Crippen molar-refractivity contribution in [2.45, 2.75) is 44.8 Å². The van der Waals surface area contributed by atoms with E-state index >= 15 is 0 Å². The molecular formula is C17H21NO4. The fraction of sp³-hybridized carbons (Fsp3) is 0.529. The number of likely N-dealkylation sites (tertiary alicyclic amines) is 1. The number of Topliss-reactive ketones (excluding diaryl/α,β-unsaturated/α-hetero) is 1. The fourth-order valence-electron chi connectivity index (χ4n) is 3.00. The third-order valence-corrected chi connectivity index (χ3v) is 3.96. The van der Waals surface area contributed by atoms with Crippen molar-refractivity contribution in [3.8, 4) is 5.75 Å². The molecule has 118 valence electrons. The number of amides is 1. The maximum Gasteiger partial charge on any atom is 0.410 e. The summed E-state index contributed by atoms with van der Waals surface area (Å²) in [5, 5.41) is 0. The Hall–Kier alpha value is -2.04. The number of carbonyl (C=O) groups is 2. The fourth-order valence-corrected chi connectivity index (χ4v) is 3.00. The van der Waals surface area contributed by atoms with Crippen LogP contribution in [-0.2, 0) is 4.74 Å². The Balaban J connectivity index is 1.75. The molecule has 1 spiro atoms. The number of benzene rings is 1. The van der Waals surface area contributed by atoms with Crippen molar-refractivity contribution in [3.63, 3.8) is 0 Å². The molecule has 0 saturated carbocycles. The Morgan fingerprint density at radius 3 is 2.77 bits per heavy atom. The highest BCUT2D eigenvalue weighted by Crippen LogP contribution is 2.38. The summed E-state index contributed by atoms with van der Waals surface area (Å²) >= 11 is 0. The minimum atomic E-state index is -0.609. The van der Waals surface area contributed by atoms with E-state index in [-0.39, 0.29) is 11.9 Å². The zero-order chi connectivity index (χ0) is 16.0. The Labute approximate surface area is 130 Å². The zero-order valence-corrected chi connectivity index (χ0v) is 13.2. The van der Waals surface area contributed by atoms with Crippen molar-refractivity contribution in [2.75, 3.05) is 13.1 Å². The lowest BCUT2D eigenvalue weighted by Crippen LogP contribution is -2.46. The van der Waals surface area contributed by atoms with E-state index in [1.54, 1.807) is 11.0 Å². The van der Waals surface area contributed by atoms with Gasteiger partial charge in [-0.1, -0.05) is 12.1 Å². The van der Waals surface area contributed by atoms with E-state index in [2.05, 4.69) is 0 Å². The number of para-hydroxylation sites is 1. The van der Waals surface area contributed by atoms with Crippen LogP contribution in [-0.4, -0.2) is 41.1 Å². The Morgan fingerprint density at radius 2 is 2.05 bits per heavy atom. The molecule has 0 radical (unpaired) electrons. The van der Waals surface area contributed by atoms with Crippen molar-refractivity contribution in [1.29, 1.82) is 0 Å². The van der Waals surface area contributed by atoms with E-state index in [1.807, 2.05) is 39.0 Å². The monoisotopic (exact) mass is 303 g/mol. The van der Waals surface area contributed by atoms with E-state index < -0.39 is 11.2 Å². The summed E-state index contributed by atoms with van der Waals surface area (Å²) in [6.07, 6.45) is 0.606. The molecule has 2 aliphatic rings. The smallest absolute Gasteiger partial charge is 0.410 e. The van der Waals surface area contributed by atoms with E-state index in [9.17, 15) is 9.59 Å². The largest absolute Gasteiger partial charge is 0.484 e. The second kappa shape index (κ2) is 5.00. The molecule has 2 aliphatic heterocycles. The van der Waals surface area contributed by atoms with Crippen LogP contribution < -0.4 is 4.74 Å². The van der Waals surface area contributed by atoms with Crippen molar-refractivity contribution in [2.24, 2.45) is 0 Å². The van der Waals surface area contributed by atoms with Gasteiger partial charge >= 0.3 is 6.09 Å². The average molecular weight is 303 g/mol. The van der Waals surface area contributed by atoms with Gasteiger partial charge in [0, 0.05) is 13.0 Å². The molecule has 1 atom stereocenters. The Morgan fingerprint density at radius 1 is 1.32 bits per heavy atom. The van der Waals surface area contributed by atoms with Gasteiger partial charge in [-0.15, -0.1) is 0 Å². The van der Waals surface area contributed by atoms with Gasteiger partial charge in [0.1, 0.15) is 17.0 Å². The third-order valence-electron chi connectivity index (χ3n) is 3.96. The molecule has 5 nitrogen and oxygen atoms in total. The normalized spacial score (nSPS) is 24.1. The van der Waals surface area contributed by atoms with Crippen LogP contribution in [0.4, 0.5) is 4.79 Å². The van der Waals surface area contributed by atoms with Gasteiger partial charge in [0.25, 0.3) is 0 Å². The molecule has 1 unspecified atom stereocenters. The quantitative estimate of drug-likeness (QED) is 0.739. The molecule has 3 rings (SSSR count). The van der Waals surface area contributed by atoms with E-state index in [1.165, 1.54) is 0 Å². The number of ether oxygens (including phenoxy) is 2. The number of hydrogen-bond acceptors (Lipinski definition) is 4. The minimum absolute atomic E-state index is 0.0767. The summed E-state index contributed by atoms with van der Waals surface area (Å²) in [7, 11) is 0. The predicted octanol–water partition coefficient (Wildman–Crippen LogP) is 3.03. The van der Waals surface area contributed by atoms with Crippen LogP contribution in [0.5, 0.6) is 5.75 Å². The average Bonchev–Trinajstić information content (AvgIpc) is 2.80. The van der Waals surface area contributed by atoms with E-state index in [0.29, 0.717) is 37.2 Å². The summed E-state index contributed by atoms with van der Waals surface area (Å²) in [6.45, 7) is 6.46. The SMILES string of the molecule is CC(C)(C)OC(=O)N1CCC2(CC(=O)c3ccccc3O2)C1. The maximum absolute atomic E-state index is 12.3. The van der Waals surface area contributed by atoms with Crippen LogP contribution >= 0.6 is 0 Å². The predicted molar refractivity (Wildman–Crippen MR) is 81.2 cm³/mol. The first kappa shape index (κ1) is 14.9. The van der Waals surface area contributed by atoms with Gasteiger partial charge in [-0.05, 0) is 32.9 Å². The molecule has 0 aliphatic carbocycles. The highest BCUT2D eigenvalue weighted by molar-refractivity contribution is 6.00. The molecule has 22 heavy (non-hydrogen) atoms. The summed E-state index contributed by atoms with van der Waals surface area (Å²) < 4.78 is 11.5. The summed E-state index contributed by atoms with van der Waals surface area (Å²) in [6, 6.07) is 7.28. The molecule has 0 bridgehead atoms. The number of hydrogen-bond donors (Lipinski definition) is 0. The lowest BCUT2D eigenvalue weighted by Gasteiger charge is -2.34. The molecule has 0 N–H and O–H groups in total. The second-order valence-corrected chi connectivity index (χ2v) is 7.03. The van der Waals surface area contributed by atoms with Gasteiger partial charge in [0.15, 0.2) is 5.78 Å². The number of rotatable bonds is 0. The summed E-state index contributed by atoms with van der Waals surface area (Å²) in [4.78, 5) is 26.1. The molecule has 1 saturated heterocycles. The van der Waals surface area contributed by atoms with Crippen LogP contribution in [0.3, 0.4) is 0 Å². The topological polar surface area (TPSA) is 55.8 Å². The van der Waals surface area contributed by atoms with Gasteiger partial charge in [-0.2, -0.15) is 0 Å². The molecule has 5 heteroatoms. The molecule has 0 aromatic heterocycles. The van der Waals surface area contributed by atoms with E-state index in [4.69, 9.17) is 9.47 Å². The van der Waals surface area contributed by atoms with Crippen LogP contribution in [0.2, 0.25) is 0 Å². The van der Waals surface area contributed by atoms with Crippen molar-refractivity contribution >= 4 is 11.9 Å². The maximum atomic E-state index is 12.3. The highest BCUT2D eigenvalue weighted by atomic mass is 16.6. The molecule has 1 fully saturated rings. The number of fused-ring (bicyclic) bond motifs is 1. The molecule has 1 amide bonds. The van der Waals surface area contributed by atoms with Crippen LogP contribution in [0, 0.1) is 0 Å². The van der Waals surface area contributed by atoms with Crippen molar-refractivity contribution in [3.05, 3.63) is 29.8 Å². The molecule has 2 heterocycles. The lowest BCUT2D eigenvalue weighted by atomic mass is 9.89. The molecule has 1 aromatic carbocycles. The molecular weight excluding hydrogens is 282 g/mol. The molecule has 1 aromatic rings. The van der Waals surface area contributed by atoms with Gasteiger partial charge in [-0.3, -0.25) is 4.79 Å². The van der Waals surface area contributed by atoms with Crippen LogP contribution in [0.1, 0.15) is 44.0 Å². The number of carbonyl (C=O) groups excluding carboxylic acids is 2. The van der Waals surface area contributed by atoms with Gasteiger partial charge in [0.05, 0.1) is 18.5 Å². The highest BCUT2D eigenvalue weighted by Gasteiger charge is 2.47. The van der Waals surface area contributed by atoms with Crippen molar-refractivity contribution < 1.29 is 19.1 Å². The first-order valence-electron chi connectivity index (χ1n) is 7.57. The summed E-state index contributed by atoms with van der Waals surface area (Å²) in [5.41, 5.74) is -0.505. The van der Waals surface area contributed by atoms with Crippen molar-refractivity contribution in [1.82, 2.24) is 4.90 Å². The first-order valence-corrected chi connectivity index (χ1v) is 7.57. The number of ketones is 1. The Kier molecular flexibility index (Phi) is 3.38.